The van der Waals surface area contributed by atoms with Crippen molar-refractivity contribution in [2.75, 3.05) is 26.2 Å². The van der Waals surface area contributed by atoms with Crippen molar-refractivity contribution in [1.82, 2.24) is 15.5 Å². The Kier molecular flexibility index (Phi) is 4.94. The Morgan fingerprint density at radius 1 is 1.05 bits per heavy atom. The molecule has 0 aromatic rings. The number of rotatable bonds is 4. The standard InChI is InChI=1S/C16H29N3O/c20-16(17-9-12-19-10-3-4-11-19)15-8-7-13-5-1-2-6-14(13)18-15/h13-15,18H,1-12H2,(H,17,20). The molecule has 0 radical (unpaired) electrons. The number of likely N-dealkylation sites (tertiary alicyclic amines) is 1. The summed E-state index contributed by atoms with van der Waals surface area (Å²) >= 11 is 0. The van der Waals surface area contributed by atoms with Gasteiger partial charge >= 0.3 is 0 Å². The predicted molar refractivity (Wildman–Crippen MR) is 80.6 cm³/mol. The molecule has 3 rings (SSSR count). The van der Waals surface area contributed by atoms with Crippen molar-refractivity contribution in [3.63, 3.8) is 0 Å². The van der Waals surface area contributed by atoms with Crippen LogP contribution in [0.2, 0.25) is 0 Å². The van der Waals surface area contributed by atoms with Gasteiger partial charge in [-0.25, -0.2) is 0 Å². The number of carbonyl (C=O) groups is 1. The Morgan fingerprint density at radius 3 is 2.70 bits per heavy atom. The van der Waals surface area contributed by atoms with Crippen LogP contribution in [0.5, 0.6) is 0 Å². The summed E-state index contributed by atoms with van der Waals surface area (Å²) in [6.07, 6.45) is 10.2. The summed E-state index contributed by atoms with van der Waals surface area (Å²) in [6.45, 7) is 4.25. The first kappa shape index (κ1) is 14.3. The molecule has 0 aromatic carbocycles. The fourth-order valence-electron chi connectivity index (χ4n) is 4.17. The number of fused-ring (bicyclic) bond motifs is 1. The molecule has 1 amide bonds. The van der Waals surface area contributed by atoms with E-state index in [2.05, 4.69) is 15.5 Å². The lowest BCUT2D eigenvalue weighted by Crippen LogP contribution is -2.55. The van der Waals surface area contributed by atoms with E-state index in [4.69, 9.17) is 0 Å². The molecule has 2 heterocycles. The molecule has 114 valence electrons. The Labute approximate surface area is 122 Å². The van der Waals surface area contributed by atoms with E-state index < -0.39 is 0 Å². The highest BCUT2D eigenvalue weighted by molar-refractivity contribution is 5.81. The van der Waals surface area contributed by atoms with Gasteiger partial charge in [-0.15, -0.1) is 0 Å². The minimum atomic E-state index is 0.0629. The maximum Gasteiger partial charge on any atom is 0.237 e. The summed E-state index contributed by atoms with van der Waals surface area (Å²) in [5.74, 6) is 1.06. The van der Waals surface area contributed by atoms with Crippen molar-refractivity contribution >= 4 is 5.91 Å². The molecule has 2 N–H and O–H groups in total. The highest BCUT2D eigenvalue weighted by Gasteiger charge is 2.34. The summed E-state index contributed by atoms with van der Waals surface area (Å²) in [5, 5.41) is 6.74. The second-order valence-electron chi connectivity index (χ2n) is 6.79. The lowest BCUT2D eigenvalue weighted by atomic mass is 9.77. The minimum absolute atomic E-state index is 0.0629. The van der Waals surface area contributed by atoms with Crippen LogP contribution in [0.1, 0.15) is 51.4 Å². The van der Waals surface area contributed by atoms with E-state index in [-0.39, 0.29) is 11.9 Å². The molecule has 1 saturated carbocycles. The molecule has 20 heavy (non-hydrogen) atoms. The molecule has 0 bridgehead atoms. The van der Waals surface area contributed by atoms with E-state index in [1.165, 1.54) is 58.0 Å². The summed E-state index contributed by atoms with van der Waals surface area (Å²) in [7, 11) is 0. The van der Waals surface area contributed by atoms with Crippen molar-refractivity contribution in [3.05, 3.63) is 0 Å². The second kappa shape index (κ2) is 6.90. The fraction of sp³-hybridized carbons (Fsp3) is 0.938. The number of nitrogens with zero attached hydrogens (tertiary/aromatic N) is 1. The summed E-state index contributed by atoms with van der Waals surface area (Å²) in [4.78, 5) is 14.7. The summed E-state index contributed by atoms with van der Waals surface area (Å²) in [6, 6.07) is 0.666. The van der Waals surface area contributed by atoms with Crippen LogP contribution in [0.3, 0.4) is 0 Å². The first-order valence-electron chi connectivity index (χ1n) is 8.59. The summed E-state index contributed by atoms with van der Waals surface area (Å²) in [5.41, 5.74) is 0. The zero-order chi connectivity index (χ0) is 13.8. The maximum absolute atomic E-state index is 12.3. The number of carbonyl (C=O) groups excluding carboxylic acids is 1. The third kappa shape index (κ3) is 3.53. The molecule has 3 aliphatic rings. The highest BCUT2D eigenvalue weighted by Crippen LogP contribution is 2.32. The van der Waals surface area contributed by atoms with Crippen LogP contribution < -0.4 is 10.6 Å². The first-order valence-corrected chi connectivity index (χ1v) is 8.59. The molecule has 3 atom stereocenters. The molecule has 0 aromatic heterocycles. The van der Waals surface area contributed by atoms with Crippen LogP contribution in [0.25, 0.3) is 0 Å². The van der Waals surface area contributed by atoms with Crippen molar-refractivity contribution in [3.8, 4) is 0 Å². The van der Waals surface area contributed by atoms with Gasteiger partial charge < -0.3 is 15.5 Å². The average Bonchev–Trinajstić information content (AvgIpc) is 3.00. The monoisotopic (exact) mass is 279 g/mol. The van der Waals surface area contributed by atoms with Gasteiger partial charge in [0.15, 0.2) is 0 Å². The van der Waals surface area contributed by atoms with E-state index in [1.807, 2.05) is 0 Å². The van der Waals surface area contributed by atoms with Crippen LogP contribution in [-0.2, 0) is 4.79 Å². The number of amides is 1. The molecular weight excluding hydrogens is 250 g/mol. The Balaban J connectivity index is 1.38. The summed E-state index contributed by atoms with van der Waals surface area (Å²) < 4.78 is 0. The van der Waals surface area contributed by atoms with Crippen molar-refractivity contribution < 1.29 is 4.79 Å². The molecule has 1 aliphatic carbocycles. The zero-order valence-corrected chi connectivity index (χ0v) is 12.6. The number of hydrogen-bond acceptors (Lipinski definition) is 3. The van der Waals surface area contributed by atoms with Gasteiger partial charge in [0.05, 0.1) is 6.04 Å². The molecule has 4 heteroatoms. The van der Waals surface area contributed by atoms with Gasteiger partial charge in [-0.2, -0.15) is 0 Å². The maximum atomic E-state index is 12.3. The van der Waals surface area contributed by atoms with Crippen LogP contribution in [0, 0.1) is 5.92 Å². The minimum Gasteiger partial charge on any atom is -0.353 e. The van der Waals surface area contributed by atoms with Crippen LogP contribution in [0.4, 0.5) is 0 Å². The topological polar surface area (TPSA) is 44.4 Å². The van der Waals surface area contributed by atoms with Crippen molar-refractivity contribution in [1.29, 1.82) is 0 Å². The number of piperidine rings is 1. The molecule has 3 unspecified atom stereocenters. The van der Waals surface area contributed by atoms with Gasteiger partial charge in [-0.05, 0) is 57.5 Å². The van der Waals surface area contributed by atoms with Gasteiger partial charge in [-0.1, -0.05) is 12.8 Å². The molecule has 2 saturated heterocycles. The van der Waals surface area contributed by atoms with E-state index >= 15 is 0 Å². The second-order valence-corrected chi connectivity index (χ2v) is 6.79. The quantitative estimate of drug-likeness (QED) is 0.820. The lowest BCUT2D eigenvalue weighted by molar-refractivity contribution is -0.124. The van der Waals surface area contributed by atoms with Gasteiger partial charge in [-0.3, -0.25) is 4.79 Å². The number of hydrogen-bond donors (Lipinski definition) is 2. The highest BCUT2D eigenvalue weighted by atomic mass is 16.2. The Hall–Kier alpha value is -0.610. The van der Waals surface area contributed by atoms with Crippen LogP contribution >= 0.6 is 0 Å². The molecule has 4 nitrogen and oxygen atoms in total. The SMILES string of the molecule is O=C(NCCN1CCCC1)C1CCC2CCCCC2N1. The fourth-order valence-corrected chi connectivity index (χ4v) is 4.17. The third-order valence-corrected chi connectivity index (χ3v) is 5.39. The van der Waals surface area contributed by atoms with Crippen LogP contribution in [0.15, 0.2) is 0 Å². The van der Waals surface area contributed by atoms with E-state index in [0.717, 1.165) is 25.4 Å². The Morgan fingerprint density at radius 2 is 1.85 bits per heavy atom. The van der Waals surface area contributed by atoms with Gasteiger partial charge in [0.1, 0.15) is 0 Å². The third-order valence-electron chi connectivity index (χ3n) is 5.39. The van der Waals surface area contributed by atoms with Crippen molar-refractivity contribution in [2.24, 2.45) is 5.92 Å². The molecule has 0 spiro atoms. The molecule has 3 fully saturated rings. The van der Waals surface area contributed by atoms with Crippen molar-refractivity contribution in [2.45, 2.75) is 63.5 Å². The van der Waals surface area contributed by atoms with E-state index in [9.17, 15) is 4.79 Å². The van der Waals surface area contributed by atoms with Gasteiger partial charge in [0.25, 0.3) is 0 Å². The predicted octanol–water partition coefficient (Wildman–Crippen LogP) is 1.51. The van der Waals surface area contributed by atoms with Gasteiger partial charge in [0.2, 0.25) is 5.91 Å². The normalized spacial score (nSPS) is 34.7. The largest absolute Gasteiger partial charge is 0.353 e. The Bertz CT molecular complexity index is 328. The molecule has 2 aliphatic heterocycles. The zero-order valence-electron chi connectivity index (χ0n) is 12.6. The number of nitrogens with one attached hydrogen (secondary N) is 2. The van der Waals surface area contributed by atoms with Crippen LogP contribution in [-0.4, -0.2) is 49.1 Å². The average molecular weight is 279 g/mol. The molecular formula is C16H29N3O. The first-order chi connectivity index (χ1) is 9.83. The van der Waals surface area contributed by atoms with E-state index in [1.54, 1.807) is 0 Å². The lowest BCUT2D eigenvalue weighted by Gasteiger charge is -2.39. The van der Waals surface area contributed by atoms with Gasteiger partial charge in [0, 0.05) is 19.1 Å². The van der Waals surface area contributed by atoms with E-state index in [0.29, 0.717) is 6.04 Å². The smallest absolute Gasteiger partial charge is 0.237 e.